The van der Waals surface area contributed by atoms with Crippen LogP contribution in [0.5, 0.6) is 11.5 Å². The van der Waals surface area contributed by atoms with Crippen molar-refractivity contribution in [2.45, 2.75) is 70.9 Å². The van der Waals surface area contributed by atoms with Gasteiger partial charge in [0.25, 0.3) is 0 Å². The molecule has 1 aromatic rings. The van der Waals surface area contributed by atoms with E-state index < -0.39 is 18.0 Å². The summed E-state index contributed by atoms with van der Waals surface area (Å²) in [6.45, 7) is 8.21. The molecule has 0 radical (unpaired) electrons. The van der Waals surface area contributed by atoms with Crippen LogP contribution in [-0.2, 0) is 10.2 Å². The van der Waals surface area contributed by atoms with Crippen LogP contribution in [0, 0.1) is 11.3 Å². The highest BCUT2D eigenvalue weighted by Gasteiger charge is 2.68. The minimum atomic E-state index is -0.931. The molecule has 1 aliphatic carbocycles. The molecule has 0 bridgehead atoms. The number of phenolic OH excluding ortho intramolecular Hbond substituents is 1. The first-order valence-electron chi connectivity index (χ1n) is 9.09. The van der Waals surface area contributed by atoms with Crippen molar-refractivity contribution >= 4 is 6.29 Å². The fourth-order valence-corrected chi connectivity index (χ4v) is 5.53. The number of ether oxygens (including phenoxy) is 2. The van der Waals surface area contributed by atoms with Gasteiger partial charge in [0.05, 0.1) is 5.41 Å². The average Bonchev–Trinajstić information content (AvgIpc) is 2.97. The summed E-state index contributed by atoms with van der Waals surface area (Å²) >= 11 is 0. The number of carbonyl (C=O) groups excluding carboxylic acids is 1. The van der Waals surface area contributed by atoms with Crippen LogP contribution in [0.3, 0.4) is 0 Å². The van der Waals surface area contributed by atoms with Gasteiger partial charge in [-0.1, -0.05) is 34.1 Å². The molecule has 136 valence electrons. The minimum absolute atomic E-state index is 0.0654. The quantitative estimate of drug-likeness (QED) is 0.802. The Morgan fingerprint density at radius 3 is 2.68 bits per heavy atom. The molecule has 2 aliphatic heterocycles. The van der Waals surface area contributed by atoms with Crippen LogP contribution in [0.2, 0.25) is 0 Å². The lowest BCUT2D eigenvalue weighted by atomic mass is 9.54. The summed E-state index contributed by atoms with van der Waals surface area (Å²) in [6.07, 6.45) is 1.97. The summed E-state index contributed by atoms with van der Waals surface area (Å²) in [6, 6.07) is 1.77. The Morgan fingerprint density at radius 2 is 2.04 bits per heavy atom. The lowest BCUT2D eigenvalue weighted by Gasteiger charge is -2.47. The minimum Gasteiger partial charge on any atom is -0.504 e. The van der Waals surface area contributed by atoms with Crippen molar-refractivity contribution in [3.05, 3.63) is 22.8 Å². The molecule has 5 heteroatoms. The Hall–Kier alpha value is -1.59. The highest BCUT2D eigenvalue weighted by atomic mass is 16.7. The number of aliphatic hydroxyl groups is 1. The number of benzene rings is 1. The fourth-order valence-electron chi connectivity index (χ4n) is 5.53. The molecule has 0 aromatic heterocycles. The van der Waals surface area contributed by atoms with Gasteiger partial charge in [-0.2, -0.15) is 0 Å². The highest BCUT2D eigenvalue weighted by Crippen LogP contribution is 2.66. The van der Waals surface area contributed by atoms with Crippen molar-refractivity contribution in [2.24, 2.45) is 11.3 Å². The number of aliphatic hydroxyl groups excluding tert-OH is 1. The maximum atomic E-state index is 11.9. The van der Waals surface area contributed by atoms with Gasteiger partial charge in [0, 0.05) is 22.6 Å². The Morgan fingerprint density at radius 1 is 1.32 bits per heavy atom. The first-order chi connectivity index (χ1) is 11.7. The number of aromatic hydroxyl groups is 1. The van der Waals surface area contributed by atoms with Gasteiger partial charge in [0.2, 0.25) is 6.29 Å². The molecule has 4 rings (SSSR count). The SMILES string of the molecule is CC(C)c1cc(C=O)c2c(c1O)O[C@@H]1O[C@H](O)[C@H]3C(C)(C)CCC[C@@]213. The molecule has 2 heterocycles. The van der Waals surface area contributed by atoms with E-state index in [-0.39, 0.29) is 23.0 Å². The van der Waals surface area contributed by atoms with Crippen molar-refractivity contribution in [2.75, 3.05) is 0 Å². The van der Waals surface area contributed by atoms with Crippen LogP contribution in [0.4, 0.5) is 0 Å². The maximum absolute atomic E-state index is 11.9. The van der Waals surface area contributed by atoms with Crippen molar-refractivity contribution < 1.29 is 24.5 Å². The van der Waals surface area contributed by atoms with Gasteiger partial charge in [0.1, 0.15) is 0 Å². The summed E-state index contributed by atoms with van der Waals surface area (Å²) in [7, 11) is 0. The van der Waals surface area contributed by atoms with Crippen molar-refractivity contribution in [1.29, 1.82) is 0 Å². The summed E-state index contributed by atoms with van der Waals surface area (Å²) in [5, 5.41) is 21.4. The molecule has 1 aromatic carbocycles. The number of rotatable bonds is 2. The topological polar surface area (TPSA) is 76.0 Å². The zero-order valence-corrected chi connectivity index (χ0v) is 15.2. The van der Waals surface area contributed by atoms with Gasteiger partial charge >= 0.3 is 0 Å². The van der Waals surface area contributed by atoms with E-state index in [2.05, 4.69) is 13.8 Å². The molecular formula is C20H26O5. The Labute approximate surface area is 148 Å². The Bertz CT molecular complexity index is 738. The third-order valence-electron chi connectivity index (χ3n) is 6.53. The maximum Gasteiger partial charge on any atom is 0.213 e. The van der Waals surface area contributed by atoms with Crippen molar-refractivity contribution in [3.63, 3.8) is 0 Å². The predicted molar refractivity (Wildman–Crippen MR) is 91.9 cm³/mol. The third-order valence-corrected chi connectivity index (χ3v) is 6.53. The molecule has 1 spiro atoms. The first-order valence-corrected chi connectivity index (χ1v) is 9.09. The summed E-state index contributed by atoms with van der Waals surface area (Å²) < 4.78 is 11.8. The van der Waals surface area contributed by atoms with E-state index in [0.717, 1.165) is 31.1 Å². The number of aldehydes is 1. The molecule has 1 saturated carbocycles. The lowest BCUT2D eigenvalue weighted by molar-refractivity contribution is -0.165. The van der Waals surface area contributed by atoms with Gasteiger partial charge in [-0.25, -0.2) is 0 Å². The Kier molecular flexibility index (Phi) is 3.51. The first kappa shape index (κ1) is 16.9. The van der Waals surface area contributed by atoms with E-state index in [4.69, 9.17) is 9.47 Å². The van der Waals surface area contributed by atoms with E-state index in [1.165, 1.54) is 0 Å². The van der Waals surface area contributed by atoms with Crippen LogP contribution in [-0.4, -0.2) is 29.1 Å². The third kappa shape index (κ3) is 1.99. The molecule has 5 nitrogen and oxygen atoms in total. The van der Waals surface area contributed by atoms with Crippen molar-refractivity contribution in [3.8, 4) is 11.5 Å². The van der Waals surface area contributed by atoms with E-state index >= 15 is 0 Å². The van der Waals surface area contributed by atoms with Crippen LogP contribution in [0.15, 0.2) is 6.07 Å². The van der Waals surface area contributed by atoms with Gasteiger partial charge in [-0.15, -0.1) is 0 Å². The van der Waals surface area contributed by atoms with E-state index in [1.54, 1.807) is 6.07 Å². The molecular weight excluding hydrogens is 320 g/mol. The molecule has 0 amide bonds. The Balaban J connectivity index is 2.00. The second-order valence-corrected chi connectivity index (χ2v) is 8.72. The second kappa shape index (κ2) is 5.21. The largest absolute Gasteiger partial charge is 0.504 e. The zero-order chi connectivity index (χ0) is 18.1. The number of fused-ring (bicyclic) bond motifs is 1. The number of carbonyl (C=O) groups is 1. The van der Waals surface area contributed by atoms with E-state index in [1.807, 2.05) is 13.8 Å². The van der Waals surface area contributed by atoms with Crippen LogP contribution < -0.4 is 4.74 Å². The van der Waals surface area contributed by atoms with E-state index in [9.17, 15) is 15.0 Å². The van der Waals surface area contributed by atoms with Gasteiger partial charge in [-0.05, 0) is 30.2 Å². The fraction of sp³-hybridized carbons (Fsp3) is 0.650. The molecule has 2 fully saturated rings. The molecule has 4 atom stereocenters. The predicted octanol–water partition coefficient (Wildman–Crippen LogP) is 3.46. The number of hydrogen-bond acceptors (Lipinski definition) is 5. The molecule has 3 aliphatic rings. The average molecular weight is 346 g/mol. The summed E-state index contributed by atoms with van der Waals surface area (Å²) in [4.78, 5) is 11.9. The number of hydrogen-bond donors (Lipinski definition) is 2. The lowest BCUT2D eigenvalue weighted by Crippen LogP contribution is -2.50. The van der Waals surface area contributed by atoms with Gasteiger partial charge in [0.15, 0.2) is 24.1 Å². The van der Waals surface area contributed by atoms with Gasteiger partial charge in [-0.3, -0.25) is 4.79 Å². The zero-order valence-electron chi connectivity index (χ0n) is 15.2. The molecule has 2 N–H and O–H groups in total. The van der Waals surface area contributed by atoms with Gasteiger partial charge < -0.3 is 19.7 Å². The summed E-state index contributed by atoms with van der Waals surface area (Å²) in [5.41, 5.74) is 1.23. The molecule has 25 heavy (non-hydrogen) atoms. The number of phenols is 1. The smallest absolute Gasteiger partial charge is 0.213 e. The van der Waals surface area contributed by atoms with E-state index in [0.29, 0.717) is 16.9 Å². The normalized spacial score (nSPS) is 35.0. The second-order valence-electron chi connectivity index (χ2n) is 8.72. The van der Waals surface area contributed by atoms with Crippen LogP contribution >= 0.6 is 0 Å². The standard InChI is InChI=1S/C20H26O5/c1-10(2)12-8-11(9-21)13-15(14(12)22)24-18-20(13)7-5-6-19(3,4)16(20)17(23)25-18/h8-10,16-18,22-23H,5-7H2,1-4H3/t16-,17-,18+,20-/m0/s1. The summed E-state index contributed by atoms with van der Waals surface area (Å²) in [5.74, 6) is 0.353. The molecule has 0 unspecified atom stereocenters. The van der Waals surface area contributed by atoms with Crippen LogP contribution in [0.1, 0.15) is 74.4 Å². The monoisotopic (exact) mass is 346 g/mol. The van der Waals surface area contributed by atoms with Crippen LogP contribution in [0.25, 0.3) is 0 Å². The van der Waals surface area contributed by atoms with Crippen molar-refractivity contribution in [1.82, 2.24) is 0 Å². The molecule has 1 saturated heterocycles. The highest BCUT2D eigenvalue weighted by molar-refractivity contribution is 5.83.